The highest BCUT2D eigenvalue weighted by atomic mass is 15.1. The molecular weight excluding hydrogens is 260 g/mol. The van der Waals surface area contributed by atoms with Crippen molar-refractivity contribution in [1.82, 2.24) is 19.4 Å². The van der Waals surface area contributed by atoms with E-state index in [0.29, 0.717) is 6.04 Å². The van der Waals surface area contributed by atoms with Gasteiger partial charge >= 0.3 is 0 Å². The Morgan fingerprint density at radius 2 is 2.05 bits per heavy atom. The molecule has 4 nitrogen and oxygen atoms in total. The van der Waals surface area contributed by atoms with E-state index >= 15 is 0 Å². The number of hydrogen-bond donors (Lipinski definition) is 1. The smallest absolute Gasteiger partial charge is 0.128 e. The van der Waals surface area contributed by atoms with Gasteiger partial charge in [-0.05, 0) is 37.9 Å². The van der Waals surface area contributed by atoms with E-state index in [2.05, 4.69) is 58.7 Å². The van der Waals surface area contributed by atoms with Crippen LogP contribution in [0.5, 0.6) is 0 Å². The summed E-state index contributed by atoms with van der Waals surface area (Å²) in [5, 5.41) is 3.65. The van der Waals surface area contributed by atoms with Gasteiger partial charge in [0.05, 0.1) is 6.54 Å². The second-order valence-corrected chi connectivity index (χ2v) is 5.54. The number of aryl methyl sites for hydroxylation is 1. The van der Waals surface area contributed by atoms with Gasteiger partial charge < -0.3 is 14.5 Å². The number of aromatic nitrogens is 3. The predicted molar refractivity (Wildman–Crippen MR) is 87.4 cm³/mol. The summed E-state index contributed by atoms with van der Waals surface area (Å²) in [6.45, 7) is 9.50. The maximum atomic E-state index is 4.45. The van der Waals surface area contributed by atoms with E-state index in [1.807, 2.05) is 12.4 Å². The van der Waals surface area contributed by atoms with Crippen LogP contribution in [0.15, 0.2) is 30.9 Å². The number of nitrogens with zero attached hydrogens (tertiary/aromatic N) is 3. The van der Waals surface area contributed by atoms with Gasteiger partial charge in [0, 0.05) is 37.4 Å². The van der Waals surface area contributed by atoms with Crippen LogP contribution >= 0.6 is 0 Å². The standard InChI is InChI=1S/C17H28N4/c1-4-7-16(18-9-5-2)15-8-11-20(13-15)14-17-19-10-12-21(17)6-3/h8,10-13,16,18H,4-7,9,14H2,1-3H3. The monoisotopic (exact) mass is 288 g/mol. The van der Waals surface area contributed by atoms with Gasteiger partial charge in [-0.1, -0.05) is 20.3 Å². The SMILES string of the molecule is CCCNC(CCC)c1ccn(Cc2nccn2CC)c1. The summed E-state index contributed by atoms with van der Waals surface area (Å²) in [6.07, 6.45) is 11.9. The van der Waals surface area contributed by atoms with Crippen molar-refractivity contribution in [1.29, 1.82) is 0 Å². The summed E-state index contributed by atoms with van der Waals surface area (Å²) < 4.78 is 4.43. The molecule has 1 unspecified atom stereocenters. The van der Waals surface area contributed by atoms with Gasteiger partial charge in [0.1, 0.15) is 5.82 Å². The van der Waals surface area contributed by atoms with Gasteiger partial charge in [-0.15, -0.1) is 0 Å². The molecule has 0 aliphatic heterocycles. The Morgan fingerprint density at radius 3 is 2.76 bits per heavy atom. The van der Waals surface area contributed by atoms with E-state index in [9.17, 15) is 0 Å². The fourth-order valence-electron chi connectivity index (χ4n) is 2.70. The van der Waals surface area contributed by atoms with Crippen LogP contribution in [0.4, 0.5) is 0 Å². The third kappa shape index (κ3) is 4.21. The molecule has 0 fully saturated rings. The molecule has 2 aromatic rings. The lowest BCUT2D eigenvalue weighted by Crippen LogP contribution is -2.21. The van der Waals surface area contributed by atoms with Crippen molar-refractivity contribution < 1.29 is 0 Å². The molecule has 0 amide bonds. The van der Waals surface area contributed by atoms with Crippen molar-refractivity contribution in [2.45, 2.75) is 59.2 Å². The lowest BCUT2D eigenvalue weighted by Gasteiger charge is -2.16. The van der Waals surface area contributed by atoms with E-state index in [0.717, 1.165) is 25.5 Å². The second-order valence-electron chi connectivity index (χ2n) is 5.54. The average molecular weight is 288 g/mol. The molecule has 0 radical (unpaired) electrons. The van der Waals surface area contributed by atoms with Gasteiger partial charge in [-0.25, -0.2) is 4.98 Å². The summed E-state index contributed by atoms with van der Waals surface area (Å²) >= 11 is 0. The third-order valence-corrected chi connectivity index (χ3v) is 3.86. The van der Waals surface area contributed by atoms with Crippen LogP contribution in [0.1, 0.15) is 57.5 Å². The van der Waals surface area contributed by atoms with Gasteiger partial charge in [0.15, 0.2) is 0 Å². The highest BCUT2D eigenvalue weighted by Crippen LogP contribution is 2.19. The first-order valence-electron chi connectivity index (χ1n) is 8.17. The van der Waals surface area contributed by atoms with Crippen LogP contribution < -0.4 is 5.32 Å². The largest absolute Gasteiger partial charge is 0.346 e. The van der Waals surface area contributed by atoms with Crippen molar-refractivity contribution in [3.8, 4) is 0 Å². The minimum absolute atomic E-state index is 0.474. The lowest BCUT2D eigenvalue weighted by atomic mass is 10.1. The van der Waals surface area contributed by atoms with Gasteiger partial charge in [-0.3, -0.25) is 0 Å². The highest BCUT2D eigenvalue weighted by Gasteiger charge is 2.11. The molecule has 0 aliphatic rings. The Hall–Kier alpha value is -1.55. The van der Waals surface area contributed by atoms with Gasteiger partial charge in [0.25, 0.3) is 0 Å². The second kappa shape index (κ2) is 8.03. The molecule has 0 aliphatic carbocycles. The molecule has 0 aromatic carbocycles. The molecule has 2 heterocycles. The van der Waals surface area contributed by atoms with E-state index in [4.69, 9.17) is 0 Å². The minimum atomic E-state index is 0.474. The molecule has 1 atom stereocenters. The maximum Gasteiger partial charge on any atom is 0.128 e. The lowest BCUT2D eigenvalue weighted by molar-refractivity contribution is 0.493. The first-order chi connectivity index (χ1) is 10.3. The fourth-order valence-corrected chi connectivity index (χ4v) is 2.70. The number of imidazole rings is 1. The Labute approximate surface area is 128 Å². The molecule has 0 spiro atoms. The molecule has 2 aromatic heterocycles. The minimum Gasteiger partial charge on any atom is -0.346 e. The summed E-state index contributed by atoms with van der Waals surface area (Å²) in [4.78, 5) is 4.45. The van der Waals surface area contributed by atoms with Gasteiger partial charge in [0.2, 0.25) is 0 Å². The zero-order valence-electron chi connectivity index (χ0n) is 13.5. The molecule has 0 saturated carbocycles. The summed E-state index contributed by atoms with van der Waals surface area (Å²) in [6, 6.07) is 2.71. The topological polar surface area (TPSA) is 34.8 Å². The molecule has 2 rings (SSSR count). The number of rotatable bonds is 9. The van der Waals surface area contributed by atoms with Crippen LogP contribution in [0.2, 0.25) is 0 Å². The van der Waals surface area contributed by atoms with Gasteiger partial charge in [-0.2, -0.15) is 0 Å². The number of hydrogen-bond acceptors (Lipinski definition) is 2. The molecular formula is C17H28N4. The summed E-state index contributed by atoms with van der Waals surface area (Å²) in [5.74, 6) is 1.12. The van der Waals surface area contributed by atoms with Crippen LogP contribution in [-0.4, -0.2) is 20.7 Å². The van der Waals surface area contributed by atoms with Crippen molar-refractivity contribution in [2.75, 3.05) is 6.54 Å². The van der Waals surface area contributed by atoms with E-state index in [1.165, 1.54) is 24.8 Å². The molecule has 116 valence electrons. The Bertz CT molecular complexity index is 526. The van der Waals surface area contributed by atoms with E-state index in [-0.39, 0.29) is 0 Å². The predicted octanol–water partition coefficient (Wildman–Crippen LogP) is 3.59. The Balaban J connectivity index is 2.05. The van der Waals surface area contributed by atoms with Crippen molar-refractivity contribution >= 4 is 0 Å². The molecule has 4 heteroatoms. The normalized spacial score (nSPS) is 12.7. The molecule has 21 heavy (non-hydrogen) atoms. The summed E-state index contributed by atoms with van der Waals surface area (Å²) in [7, 11) is 0. The maximum absolute atomic E-state index is 4.45. The first-order valence-corrected chi connectivity index (χ1v) is 8.17. The third-order valence-electron chi connectivity index (χ3n) is 3.86. The fraction of sp³-hybridized carbons (Fsp3) is 0.588. The van der Waals surface area contributed by atoms with Crippen LogP contribution in [-0.2, 0) is 13.1 Å². The molecule has 1 N–H and O–H groups in total. The zero-order chi connectivity index (χ0) is 15.1. The van der Waals surface area contributed by atoms with Crippen LogP contribution in [0, 0.1) is 0 Å². The molecule has 0 bridgehead atoms. The summed E-state index contributed by atoms with van der Waals surface area (Å²) in [5.41, 5.74) is 1.39. The highest BCUT2D eigenvalue weighted by molar-refractivity contribution is 5.16. The van der Waals surface area contributed by atoms with Crippen LogP contribution in [0.25, 0.3) is 0 Å². The Morgan fingerprint density at radius 1 is 1.19 bits per heavy atom. The van der Waals surface area contributed by atoms with E-state index < -0.39 is 0 Å². The first kappa shape index (κ1) is 15.8. The number of nitrogens with one attached hydrogen (secondary N) is 1. The van der Waals surface area contributed by atoms with Crippen molar-refractivity contribution in [3.63, 3.8) is 0 Å². The van der Waals surface area contributed by atoms with Crippen LogP contribution in [0.3, 0.4) is 0 Å². The average Bonchev–Trinajstić information content (AvgIpc) is 3.13. The van der Waals surface area contributed by atoms with Crippen molar-refractivity contribution in [2.24, 2.45) is 0 Å². The quantitative estimate of drug-likeness (QED) is 0.765. The molecule has 0 saturated heterocycles. The van der Waals surface area contributed by atoms with Crippen molar-refractivity contribution in [3.05, 3.63) is 42.2 Å². The Kier molecular flexibility index (Phi) is 6.05. The van der Waals surface area contributed by atoms with E-state index in [1.54, 1.807) is 0 Å². The zero-order valence-corrected chi connectivity index (χ0v) is 13.5.